The predicted molar refractivity (Wildman–Crippen MR) is 72.3 cm³/mol. The minimum Gasteiger partial charge on any atom is -0.383 e. The number of aromatic nitrogens is 2. The normalized spacial score (nSPS) is 12.6. The molecule has 0 bridgehead atoms. The molecule has 7 heteroatoms. The largest absolute Gasteiger partial charge is 0.383 e. The van der Waals surface area contributed by atoms with Crippen molar-refractivity contribution in [3.05, 3.63) is 21.5 Å². The second-order valence-electron chi connectivity index (χ2n) is 4.37. The maximum absolute atomic E-state index is 11.2. The Morgan fingerprint density at radius 2 is 2.21 bits per heavy atom. The van der Waals surface area contributed by atoms with Crippen LogP contribution in [-0.2, 0) is 17.7 Å². The van der Waals surface area contributed by atoms with Crippen molar-refractivity contribution in [2.45, 2.75) is 39.8 Å². The van der Waals surface area contributed by atoms with Crippen molar-refractivity contribution >= 4 is 5.69 Å². The molecule has 0 aliphatic heterocycles. The fourth-order valence-electron chi connectivity index (χ4n) is 2.23. The molecular weight excluding hydrogens is 248 g/mol. The second kappa shape index (κ2) is 7.20. The van der Waals surface area contributed by atoms with Gasteiger partial charge in [-0.05, 0) is 20.4 Å². The van der Waals surface area contributed by atoms with Gasteiger partial charge in [0.2, 0.25) is 0 Å². The minimum absolute atomic E-state index is 0.0510. The smallest absolute Gasteiger partial charge is 0.313 e. The van der Waals surface area contributed by atoms with E-state index in [1.54, 1.807) is 18.7 Å². The summed E-state index contributed by atoms with van der Waals surface area (Å²) in [7, 11) is 1.63. The van der Waals surface area contributed by atoms with E-state index in [0.29, 0.717) is 31.0 Å². The summed E-state index contributed by atoms with van der Waals surface area (Å²) in [6, 6.07) is 0.0510. The molecule has 0 saturated heterocycles. The Bertz CT molecular complexity index is 425. The molecule has 1 aromatic heterocycles. The van der Waals surface area contributed by atoms with Crippen LogP contribution < -0.4 is 5.32 Å². The molecule has 0 radical (unpaired) electrons. The lowest BCUT2D eigenvalue weighted by Gasteiger charge is -2.16. The van der Waals surface area contributed by atoms with E-state index < -0.39 is 0 Å². The third kappa shape index (κ3) is 3.74. The van der Waals surface area contributed by atoms with Gasteiger partial charge in [-0.2, -0.15) is 5.10 Å². The molecule has 0 spiro atoms. The van der Waals surface area contributed by atoms with Crippen LogP contribution in [0.4, 0.5) is 5.69 Å². The molecule has 1 atom stereocenters. The van der Waals surface area contributed by atoms with Crippen molar-refractivity contribution in [2.75, 3.05) is 20.3 Å². The van der Waals surface area contributed by atoms with E-state index in [1.807, 2.05) is 13.8 Å². The first kappa shape index (κ1) is 15.6. The number of hydrogen-bond donors (Lipinski definition) is 1. The fraction of sp³-hybridized carbons (Fsp3) is 0.750. The average Bonchev–Trinajstić information content (AvgIpc) is 2.66. The van der Waals surface area contributed by atoms with E-state index in [2.05, 4.69) is 10.4 Å². The minimum atomic E-state index is -0.348. The lowest BCUT2D eigenvalue weighted by Crippen LogP contribution is -2.35. The molecule has 7 nitrogen and oxygen atoms in total. The second-order valence-corrected chi connectivity index (χ2v) is 4.37. The van der Waals surface area contributed by atoms with E-state index in [4.69, 9.17) is 4.74 Å². The first-order chi connectivity index (χ1) is 9.04. The van der Waals surface area contributed by atoms with Crippen LogP contribution in [0.5, 0.6) is 0 Å². The maximum atomic E-state index is 11.2. The average molecular weight is 270 g/mol. The van der Waals surface area contributed by atoms with E-state index >= 15 is 0 Å². The lowest BCUT2D eigenvalue weighted by molar-refractivity contribution is -0.386. The van der Waals surface area contributed by atoms with Gasteiger partial charge in [-0.15, -0.1) is 0 Å². The van der Waals surface area contributed by atoms with Crippen molar-refractivity contribution < 1.29 is 9.66 Å². The number of hydrogen-bond acceptors (Lipinski definition) is 5. The molecular formula is C12H22N4O3. The molecule has 1 unspecified atom stereocenters. The fourth-order valence-corrected chi connectivity index (χ4v) is 2.23. The number of nitro groups is 1. The quantitative estimate of drug-likeness (QED) is 0.568. The van der Waals surface area contributed by atoms with Crippen molar-refractivity contribution in [1.29, 1.82) is 0 Å². The van der Waals surface area contributed by atoms with Gasteiger partial charge in [0.05, 0.1) is 11.5 Å². The van der Waals surface area contributed by atoms with Crippen LogP contribution in [0.3, 0.4) is 0 Å². The zero-order valence-corrected chi connectivity index (χ0v) is 12.0. The van der Waals surface area contributed by atoms with Gasteiger partial charge in [0.25, 0.3) is 0 Å². The number of ether oxygens (including phenoxy) is 1. The third-order valence-electron chi connectivity index (χ3n) is 2.98. The summed E-state index contributed by atoms with van der Waals surface area (Å²) in [5.41, 5.74) is 1.25. The van der Waals surface area contributed by atoms with Gasteiger partial charge in [0.1, 0.15) is 11.4 Å². The van der Waals surface area contributed by atoms with Crippen LogP contribution in [0.25, 0.3) is 0 Å². The van der Waals surface area contributed by atoms with Gasteiger partial charge in [-0.1, -0.05) is 6.92 Å². The number of methoxy groups -OCH3 is 1. The number of likely N-dealkylation sites (N-methyl/N-ethyl adjacent to an activating group) is 1. The van der Waals surface area contributed by atoms with Gasteiger partial charge in [0.15, 0.2) is 0 Å². The highest BCUT2D eigenvalue weighted by Gasteiger charge is 2.26. The zero-order valence-electron chi connectivity index (χ0n) is 12.0. The molecule has 0 aromatic carbocycles. The van der Waals surface area contributed by atoms with E-state index in [-0.39, 0.29) is 16.7 Å². The number of nitrogens with one attached hydrogen (secondary N) is 1. The third-order valence-corrected chi connectivity index (χ3v) is 2.98. The molecule has 108 valence electrons. The predicted octanol–water partition coefficient (Wildman–Crippen LogP) is 1.29. The van der Waals surface area contributed by atoms with Crippen LogP contribution >= 0.6 is 0 Å². The molecule has 0 amide bonds. The molecule has 1 N–H and O–H groups in total. The van der Waals surface area contributed by atoms with Gasteiger partial charge in [-0.3, -0.25) is 14.8 Å². The Labute approximate surface area is 113 Å². The van der Waals surface area contributed by atoms with Gasteiger partial charge < -0.3 is 10.1 Å². The Hall–Kier alpha value is -1.47. The van der Waals surface area contributed by atoms with Gasteiger partial charge >= 0.3 is 5.69 Å². The first-order valence-corrected chi connectivity index (χ1v) is 6.48. The van der Waals surface area contributed by atoms with Crippen molar-refractivity contribution in [3.63, 3.8) is 0 Å². The summed E-state index contributed by atoms with van der Waals surface area (Å²) < 4.78 is 6.85. The Morgan fingerprint density at radius 1 is 1.53 bits per heavy atom. The van der Waals surface area contributed by atoms with Gasteiger partial charge in [-0.25, -0.2) is 0 Å². The van der Waals surface area contributed by atoms with Crippen LogP contribution in [0.15, 0.2) is 0 Å². The van der Waals surface area contributed by atoms with Crippen LogP contribution in [0.2, 0.25) is 0 Å². The topological polar surface area (TPSA) is 82.2 Å². The van der Waals surface area contributed by atoms with E-state index in [9.17, 15) is 10.1 Å². The van der Waals surface area contributed by atoms with Crippen LogP contribution in [0.1, 0.15) is 25.2 Å². The summed E-state index contributed by atoms with van der Waals surface area (Å²) in [6.45, 7) is 7.53. The summed E-state index contributed by atoms with van der Waals surface area (Å²) in [5.74, 6) is 0. The Morgan fingerprint density at radius 3 is 2.68 bits per heavy atom. The van der Waals surface area contributed by atoms with Crippen molar-refractivity contribution in [1.82, 2.24) is 15.1 Å². The highest BCUT2D eigenvalue weighted by Crippen LogP contribution is 2.24. The molecule has 1 aromatic rings. The molecule has 0 saturated carbocycles. The van der Waals surface area contributed by atoms with Crippen LogP contribution in [-0.4, -0.2) is 41.0 Å². The summed E-state index contributed by atoms with van der Waals surface area (Å²) in [4.78, 5) is 10.8. The maximum Gasteiger partial charge on any atom is 0.313 e. The number of rotatable bonds is 8. The monoisotopic (exact) mass is 270 g/mol. The highest BCUT2D eigenvalue weighted by molar-refractivity contribution is 5.41. The SMILES string of the molecule is CCNC(COC)Cc1c([N+](=O)[O-])c(C)nn1CC. The lowest BCUT2D eigenvalue weighted by atomic mass is 10.1. The van der Waals surface area contributed by atoms with Crippen molar-refractivity contribution in [2.24, 2.45) is 0 Å². The molecule has 0 aliphatic rings. The van der Waals surface area contributed by atoms with E-state index in [0.717, 1.165) is 6.54 Å². The first-order valence-electron chi connectivity index (χ1n) is 6.48. The summed E-state index contributed by atoms with van der Waals surface area (Å²) in [5, 5.41) is 18.7. The molecule has 19 heavy (non-hydrogen) atoms. The highest BCUT2D eigenvalue weighted by atomic mass is 16.6. The zero-order chi connectivity index (χ0) is 14.4. The Balaban J connectivity index is 3.05. The van der Waals surface area contributed by atoms with E-state index in [1.165, 1.54) is 0 Å². The summed E-state index contributed by atoms with van der Waals surface area (Å²) in [6.07, 6.45) is 0.534. The molecule has 0 fully saturated rings. The molecule has 1 heterocycles. The van der Waals surface area contributed by atoms with Crippen molar-refractivity contribution in [3.8, 4) is 0 Å². The standard InChI is InChI=1S/C12H22N4O3/c1-5-13-10(8-19-4)7-11-12(16(17)18)9(3)14-15(11)6-2/h10,13H,5-8H2,1-4H3. The summed E-state index contributed by atoms with van der Waals surface area (Å²) >= 11 is 0. The van der Waals surface area contributed by atoms with Gasteiger partial charge in [0, 0.05) is 26.1 Å². The molecule has 0 aliphatic carbocycles. The number of aryl methyl sites for hydroxylation is 2. The number of nitrogens with zero attached hydrogens (tertiary/aromatic N) is 3. The Kier molecular flexibility index (Phi) is 5.91. The van der Waals surface area contributed by atoms with Crippen LogP contribution in [0, 0.1) is 17.0 Å². The molecule has 1 rings (SSSR count).